The van der Waals surface area contributed by atoms with Crippen molar-refractivity contribution in [3.63, 3.8) is 0 Å². The first-order chi connectivity index (χ1) is 17.7. The van der Waals surface area contributed by atoms with E-state index in [2.05, 4.69) is 25.3 Å². The molecule has 0 radical (unpaired) electrons. The van der Waals surface area contributed by atoms with Crippen molar-refractivity contribution in [2.24, 2.45) is 0 Å². The van der Waals surface area contributed by atoms with Crippen LogP contribution in [0.25, 0.3) is 0 Å². The average Bonchev–Trinajstić information content (AvgIpc) is 2.88. The average molecular weight is 516 g/mol. The smallest absolute Gasteiger partial charge is 0.264 e. The number of carbonyl (C=O) groups excluding carboxylic acids is 2. The van der Waals surface area contributed by atoms with E-state index in [1.165, 1.54) is 24.3 Å². The van der Waals surface area contributed by atoms with Crippen molar-refractivity contribution >= 4 is 33.3 Å². The number of hydrogen-bond donors (Lipinski definition) is 3. The maximum atomic E-state index is 13.2. The number of anilines is 2. The third-order valence-corrected chi connectivity index (χ3v) is 6.66. The zero-order valence-corrected chi connectivity index (χ0v) is 21.0. The van der Waals surface area contributed by atoms with Gasteiger partial charge in [-0.3, -0.25) is 9.59 Å². The molecule has 0 unspecified atom stereocenters. The van der Waals surface area contributed by atoms with Crippen LogP contribution in [0.4, 0.5) is 11.6 Å². The first-order valence-corrected chi connectivity index (χ1v) is 12.9. The molecule has 1 amide bonds. The summed E-state index contributed by atoms with van der Waals surface area (Å²) in [5, 5.41) is 5.72. The molecule has 10 heteroatoms. The van der Waals surface area contributed by atoms with Crippen LogP contribution in [0.3, 0.4) is 0 Å². The predicted octanol–water partition coefficient (Wildman–Crippen LogP) is 3.95. The third kappa shape index (κ3) is 6.56. The molecule has 188 valence electrons. The molecule has 0 aliphatic carbocycles. The Morgan fingerprint density at radius 3 is 1.86 bits per heavy atom. The highest BCUT2D eigenvalue weighted by Gasteiger charge is 2.23. The Morgan fingerprint density at radius 2 is 1.30 bits per heavy atom. The Hall–Kier alpha value is -4.57. The van der Waals surface area contributed by atoms with E-state index in [9.17, 15) is 18.0 Å². The fraction of sp³-hybridized carbons (Fsp3) is 0.111. The predicted molar refractivity (Wildman–Crippen MR) is 141 cm³/mol. The Kier molecular flexibility index (Phi) is 7.59. The molecule has 0 aliphatic rings. The summed E-state index contributed by atoms with van der Waals surface area (Å²) in [5.74, 6) is -0.800. The molecule has 0 spiro atoms. The lowest BCUT2D eigenvalue weighted by atomic mass is 10.1. The highest BCUT2D eigenvalue weighted by Crippen LogP contribution is 2.18. The van der Waals surface area contributed by atoms with Crippen LogP contribution in [0.5, 0.6) is 0 Å². The first-order valence-electron chi connectivity index (χ1n) is 11.4. The summed E-state index contributed by atoms with van der Waals surface area (Å²) in [6.07, 6.45) is -1.10. The number of rotatable bonds is 9. The minimum absolute atomic E-state index is 0.0138. The van der Waals surface area contributed by atoms with Gasteiger partial charge < -0.3 is 10.6 Å². The number of aryl methyl sites for hydroxylation is 2. The molecule has 0 bridgehead atoms. The lowest BCUT2D eigenvalue weighted by Gasteiger charge is -2.21. The Labute approximate surface area is 215 Å². The van der Waals surface area contributed by atoms with E-state index in [4.69, 9.17) is 0 Å². The van der Waals surface area contributed by atoms with Crippen LogP contribution < -0.4 is 15.4 Å². The molecular weight excluding hydrogens is 490 g/mol. The number of hydrogen-bond acceptors (Lipinski definition) is 7. The number of nitrogens with zero attached hydrogens (tertiary/aromatic N) is 2. The molecule has 3 N–H and O–H groups in total. The molecule has 0 aliphatic heterocycles. The minimum atomic E-state index is -3.95. The molecular formula is C27H25N5O4S. The molecule has 0 fully saturated rings. The van der Waals surface area contributed by atoms with E-state index in [0.29, 0.717) is 28.2 Å². The quantitative estimate of drug-likeness (QED) is 0.227. The lowest BCUT2D eigenvalue weighted by molar-refractivity contribution is 0.0869. The normalized spacial score (nSPS) is 11.8. The van der Waals surface area contributed by atoms with Crippen LogP contribution >= 0.6 is 0 Å². The van der Waals surface area contributed by atoms with Crippen LogP contribution in [0.2, 0.25) is 0 Å². The Morgan fingerprint density at radius 1 is 0.757 bits per heavy atom. The molecule has 9 nitrogen and oxygen atoms in total. The summed E-state index contributed by atoms with van der Waals surface area (Å²) in [4.78, 5) is 34.2. The minimum Gasteiger partial charge on any atom is -0.359 e. The van der Waals surface area contributed by atoms with Crippen molar-refractivity contribution in [3.8, 4) is 0 Å². The third-order valence-electron chi connectivity index (χ3n) is 5.32. The van der Waals surface area contributed by atoms with Crippen molar-refractivity contribution in [2.45, 2.75) is 24.9 Å². The van der Waals surface area contributed by atoms with Crippen molar-refractivity contribution in [1.82, 2.24) is 15.3 Å². The monoisotopic (exact) mass is 515 g/mol. The fourth-order valence-corrected chi connectivity index (χ4v) is 4.53. The topological polar surface area (TPSA) is 130 Å². The molecule has 4 aromatic rings. The van der Waals surface area contributed by atoms with Crippen molar-refractivity contribution in [2.75, 3.05) is 10.0 Å². The number of Topliss-reactive ketones (excluding diaryl/α,β-unsaturated/α-hetero) is 1. The zero-order valence-electron chi connectivity index (χ0n) is 20.2. The van der Waals surface area contributed by atoms with Crippen LogP contribution in [0.15, 0.2) is 95.9 Å². The molecule has 37 heavy (non-hydrogen) atoms. The summed E-state index contributed by atoms with van der Waals surface area (Å²) >= 11 is 0. The van der Waals surface area contributed by atoms with Gasteiger partial charge in [-0.2, -0.15) is 0 Å². The van der Waals surface area contributed by atoms with Crippen LogP contribution in [-0.2, 0) is 10.0 Å². The summed E-state index contributed by atoms with van der Waals surface area (Å²) in [6, 6.07) is 24.6. The van der Waals surface area contributed by atoms with Gasteiger partial charge in [0.05, 0.1) is 4.90 Å². The van der Waals surface area contributed by atoms with E-state index in [1.54, 1.807) is 80.6 Å². The standard InChI is InChI=1S/C27H25N5O4S/c1-18-17-19(2)29-27(28-18)32-37(35,36)23-15-13-22(14-16-23)30-25(24(33)20-9-5-3-6-10-20)31-26(34)21-11-7-4-8-12-21/h3-17,25,30H,1-2H3,(H,31,34)(H,28,29,32)/t25-/m0/s1. The van der Waals surface area contributed by atoms with Gasteiger partial charge in [0.25, 0.3) is 15.9 Å². The Balaban J connectivity index is 1.54. The van der Waals surface area contributed by atoms with Crippen molar-refractivity contribution < 1.29 is 18.0 Å². The summed E-state index contributed by atoms with van der Waals surface area (Å²) < 4.78 is 28.0. The molecule has 0 saturated heterocycles. The van der Waals surface area contributed by atoms with Crippen LogP contribution in [0, 0.1) is 13.8 Å². The molecule has 4 rings (SSSR count). The van der Waals surface area contributed by atoms with E-state index >= 15 is 0 Å². The summed E-state index contributed by atoms with van der Waals surface area (Å²) in [6.45, 7) is 3.49. The Bertz CT molecular complexity index is 1490. The first kappa shape index (κ1) is 25.5. The van der Waals surface area contributed by atoms with Gasteiger partial charge in [-0.25, -0.2) is 23.1 Å². The van der Waals surface area contributed by atoms with Crippen LogP contribution in [-0.4, -0.2) is 36.2 Å². The lowest BCUT2D eigenvalue weighted by Crippen LogP contribution is -2.46. The maximum absolute atomic E-state index is 13.2. The fourth-order valence-electron chi connectivity index (χ4n) is 3.59. The van der Waals surface area contributed by atoms with E-state index in [0.717, 1.165) is 0 Å². The van der Waals surface area contributed by atoms with Gasteiger partial charge >= 0.3 is 0 Å². The van der Waals surface area contributed by atoms with Crippen LogP contribution in [0.1, 0.15) is 32.1 Å². The number of amides is 1. The molecule has 1 heterocycles. The zero-order chi connectivity index (χ0) is 26.4. The maximum Gasteiger partial charge on any atom is 0.264 e. The van der Waals surface area contributed by atoms with E-state index in [1.807, 2.05) is 0 Å². The number of aromatic nitrogens is 2. The van der Waals surface area contributed by atoms with Crippen molar-refractivity contribution in [3.05, 3.63) is 114 Å². The molecule has 1 aromatic heterocycles. The molecule has 0 saturated carbocycles. The van der Waals surface area contributed by atoms with Gasteiger partial charge in [0, 0.05) is 28.2 Å². The number of nitrogens with one attached hydrogen (secondary N) is 3. The number of sulfonamides is 1. The van der Waals surface area contributed by atoms with Gasteiger partial charge in [-0.1, -0.05) is 48.5 Å². The highest BCUT2D eigenvalue weighted by molar-refractivity contribution is 7.92. The summed E-state index contributed by atoms with van der Waals surface area (Å²) in [7, 11) is -3.95. The summed E-state index contributed by atoms with van der Waals surface area (Å²) in [5.41, 5.74) is 2.51. The van der Waals surface area contributed by atoms with E-state index < -0.39 is 22.1 Å². The second-order valence-corrected chi connectivity index (χ2v) is 9.93. The van der Waals surface area contributed by atoms with Crippen molar-refractivity contribution in [1.29, 1.82) is 0 Å². The SMILES string of the molecule is Cc1cc(C)nc(NS(=O)(=O)c2ccc(N[C@@H](NC(=O)c3ccccc3)C(=O)c3ccccc3)cc2)n1. The highest BCUT2D eigenvalue weighted by atomic mass is 32.2. The number of benzene rings is 3. The number of carbonyl (C=O) groups is 2. The van der Waals surface area contributed by atoms with E-state index in [-0.39, 0.29) is 16.6 Å². The van der Waals surface area contributed by atoms with Gasteiger partial charge in [-0.05, 0) is 56.3 Å². The van der Waals surface area contributed by atoms with Gasteiger partial charge in [0.1, 0.15) is 0 Å². The second-order valence-electron chi connectivity index (χ2n) is 8.25. The molecule has 3 aromatic carbocycles. The van der Waals surface area contributed by atoms with Gasteiger partial charge in [0.15, 0.2) is 6.17 Å². The number of ketones is 1. The van der Waals surface area contributed by atoms with Gasteiger partial charge in [0.2, 0.25) is 11.7 Å². The molecule has 1 atom stereocenters. The second kappa shape index (κ2) is 11.0. The largest absolute Gasteiger partial charge is 0.359 e. The van der Waals surface area contributed by atoms with Gasteiger partial charge in [-0.15, -0.1) is 0 Å².